The number of aromatic nitrogens is 2. The van der Waals surface area contributed by atoms with Crippen LogP contribution in [0.15, 0.2) is 34.5 Å². The molecular weight excluding hydrogens is 504 g/mol. The Morgan fingerprint density at radius 3 is 2.67 bits per heavy atom. The quantitative estimate of drug-likeness (QED) is 0.460. The molecule has 0 bridgehead atoms. The zero-order chi connectivity index (χ0) is 27.7. The fourth-order valence-corrected chi connectivity index (χ4v) is 5.10. The molecule has 3 aliphatic rings. The molecule has 0 saturated carbocycles. The predicted octanol–water partition coefficient (Wildman–Crippen LogP) is 0.800. The smallest absolute Gasteiger partial charge is 0.261 e. The fourth-order valence-electron chi connectivity index (χ4n) is 5.10. The van der Waals surface area contributed by atoms with Gasteiger partial charge in [0, 0.05) is 44.1 Å². The van der Waals surface area contributed by atoms with E-state index in [0.717, 1.165) is 18.7 Å². The first-order valence-corrected chi connectivity index (χ1v) is 12.9. The topological polar surface area (TPSA) is 160 Å². The molecule has 5 rings (SSSR count). The SMILES string of the molecule is COc1c(OCC(C)(O)CN2C[C@@H](C)O[C@@H](C)C2)ccc2c1N=C(NC(=O)c1cnc(N)nc1)N1CCN=C21. The van der Waals surface area contributed by atoms with E-state index >= 15 is 0 Å². The van der Waals surface area contributed by atoms with E-state index in [1.54, 1.807) is 13.0 Å². The van der Waals surface area contributed by atoms with Crippen LogP contribution in [-0.4, -0.2) is 107 Å². The minimum Gasteiger partial charge on any atom is -0.491 e. The second kappa shape index (κ2) is 10.8. The molecule has 39 heavy (non-hydrogen) atoms. The molecule has 2 aromatic rings. The second-order valence-electron chi connectivity index (χ2n) is 10.3. The molecule has 4 heterocycles. The summed E-state index contributed by atoms with van der Waals surface area (Å²) in [5, 5.41) is 14.0. The number of aliphatic imine (C=N–C) groups is 2. The largest absolute Gasteiger partial charge is 0.491 e. The number of rotatable bonds is 7. The third-order valence-electron chi connectivity index (χ3n) is 6.61. The van der Waals surface area contributed by atoms with Crippen molar-refractivity contribution in [1.82, 2.24) is 25.1 Å². The van der Waals surface area contributed by atoms with Crippen molar-refractivity contribution in [2.24, 2.45) is 9.98 Å². The highest BCUT2D eigenvalue weighted by Crippen LogP contribution is 2.43. The third-order valence-corrected chi connectivity index (χ3v) is 6.61. The van der Waals surface area contributed by atoms with E-state index in [0.29, 0.717) is 48.6 Å². The van der Waals surface area contributed by atoms with Crippen molar-refractivity contribution in [2.75, 3.05) is 52.2 Å². The number of morpholine rings is 1. The summed E-state index contributed by atoms with van der Waals surface area (Å²) >= 11 is 0. The number of β-amino-alcohol motifs (C(OH)–C–C–N with tert-alkyl or cyclic N) is 1. The van der Waals surface area contributed by atoms with Crippen LogP contribution in [0.25, 0.3) is 0 Å². The predicted molar refractivity (Wildman–Crippen MR) is 145 cm³/mol. The number of nitrogens with zero attached hydrogens (tertiary/aromatic N) is 6. The molecular formula is C26H34N8O5. The number of guanidine groups is 1. The molecule has 1 fully saturated rings. The molecule has 13 nitrogen and oxygen atoms in total. The summed E-state index contributed by atoms with van der Waals surface area (Å²) in [5.41, 5.74) is 5.90. The monoisotopic (exact) mass is 538 g/mol. The number of carbonyl (C=O) groups excluding carboxylic acids is 1. The number of anilines is 1. The lowest BCUT2D eigenvalue weighted by Gasteiger charge is -2.39. The Morgan fingerprint density at radius 2 is 1.97 bits per heavy atom. The summed E-state index contributed by atoms with van der Waals surface area (Å²) in [6.45, 7) is 8.89. The van der Waals surface area contributed by atoms with Gasteiger partial charge in [0.15, 0.2) is 11.5 Å². The number of nitrogens with one attached hydrogen (secondary N) is 1. The molecule has 0 aliphatic carbocycles. The van der Waals surface area contributed by atoms with E-state index in [1.807, 2.05) is 24.8 Å². The van der Waals surface area contributed by atoms with Gasteiger partial charge in [-0.05, 0) is 32.9 Å². The van der Waals surface area contributed by atoms with Gasteiger partial charge in [-0.15, -0.1) is 0 Å². The van der Waals surface area contributed by atoms with Crippen molar-refractivity contribution in [3.05, 3.63) is 35.7 Å². The van der Waals surface area contributed by atoms with Gasteiger partial charge >= 0.3 is 0 Å². The summed E-state index contributed by atoms with van der Waals surface area (Å²) in [6.07, 6.45) is 2.91. The highest BCUT2D eigenvalue weighted by molar-refractivity contribution is 6.20. The molecule has 208 valence electrons. The minimum atomic E-state index is -1.12. The molecule has 4 N–H and O–H groups in total. The Hall–Kier alpha value is -3.81. The van der Waals surface area contributed by atoms with Crippen molar-refractivity contribution in [1.29, 1.82) is 0 Å². The van der Waals surface area contributed by atoms with E-state index in [-0.39, 0.29) is 30.3 Å². The number of nitrogen functional groups attached to an aromatic ring is 1. The van der Waals surface area contributed by atoms with Crippen molar-refractivity contribution in [3.8, 4) is 11.5 Å². The van der Waals surface area contributed by atoms with Crippen LogP contribution in [-0.2, 0) is 4.74 Å². The standard InChI is InChI=1S/C26H34N8O5/c1-15-11-33(12-16(2)39-15)13-26(3,36)14-38-19-6-5-18-20(21(19)37-4)31-25(34-8-7-28-22(18)34)32-23(35)17-9-29-24(27)30-10-17/h5-6,9-10,15-16,36H,7-8,11-14H2,1-4H3,(H2,27,29,30)(H,31,32,35)/t15-,16+,26?. The normalized spacial score (nSPS) is 22.2. The number of amidine groups is 1. The van der Waals surface area contributed by atoms with Crippen LogP contribution in [0, 0.1) is 0 Å². The second-order valence-corrected chi connectivity index (χ2v) is 10.3. The summed E-state index contributed by atoms with van der Waals surface area (Å²) in [4.78, 5) is 34.0. The first kappa shape index (κ1) is 26.8. The van der Waals surface area contributed by atoms with Gasteiger partial charge in [0.1, 0.15) is 23.7 Å². The average molecular weight is 539 g/mol. The number of hydrogen-bond donors (Lipinski definition) is 3. The van der Waals surface area contributed by atoms with E-state index in [1.165, 1.54) is 19.5 Å². The fraction of sp³-hybridized carbons (Fsp3) is 0.500. The summed E-state index contributed by atoms with van der Waals surface area (Å²) in [5.74, 6) is 1.43. The maximum atomic E-state index is 12.9. The molecule has 3 aliphatic heterocycles. The molecule has 1 saturated heterocycles. The summed E-state index contributed by atoms with van der Waals surface area (Å²) in [6, 6.07) is 3.65. The highest BCUT2D eigenvalue weighted by Gasteiger charge is 2.34. The number of amides is 1. The van der Waals surface area contributed by atoms with Crippen LogP contribution in [0.5, 0.6) is 11.5 Å². The number of benzene rings is 1. The van der Waals surface area contributed by atoms with E-state index in [9.17, 15) is 9.90 Å². The molecule has 1 unspecified atom stereocenters. The van der Waals surface area contributed by atoms with Gasteiger partial charge in [0.05, 0.1) is 31.4 Å². The lowest BCUT2D eigenvalue weighted by Crippen LogP contribution is -2.52. The lowest BCUT2D eigenvalue weighted by molar-refractivity contribution is -0.0952. The van der Waals surface area contributed by atoms with Crippen molar-refractivity contribution in [2.45, 2.75) is 38.6 Å². The van der Waals surface area contributed by atoms with E-state index in [4.69, 9.17) is 24.9 Å². The number of carbonyl (C=O) groups is 1. The Kier molecular flexibility index (Phi) is 7.38. The van der Waals surface area contributed by atoms with Gasteiger partial charge in [-0.1, -0.05) is 0 Å². The van der Waals surface area contributed by atoms with E-state index < -0.39 is 11.5 Å². The van der Waals surface area contributed by atoms with Crippen LogP contribution in [0.3, 0.4) is 0 Å². The van der Waals surface area contributed by atoms with Crippen LogP contribution >= 0.6 is 0 Å². The van der Waals surface area contributed by atoms with Crippen molar-refractivity contribution < 1.29 is 24.1 Å². The molecule has 0 spiro atoms. The molecule has 3 atom stereocenters. The minimum absolute atomic E-state index is 0.0415. The highest BCUT2D eigenvalue weighted by atomic mass is 16.5. The van der Waals surface area contributed by atoms with Crippen molar-refractivity contribution >= 4 is 29.3 Å². The Labute approximate surface area is 226 Å². The third kappa shape index (κ3) is 5.79. The van der Waals surface area contributed by atoms with Crippen LogP contribution in [0.1, 0.15) is 36.7 Å². The number of nitrogens with two attached hydrogens (primary N) is 1. The lowest BCUT2D eigenvalue weighted by atomic mass is 10.1. The number of aliphatic hydroxyl groups is 1. The van der Waals surface area contributed by atoms with Gasteiger partial charge in [-0.2, -0.15) is 0 Å². The van der Waals surface area contributed by atoms with Crippen LogP contribution in [0.2, 0.25) is 0 Å². The van der Waals surface area contributed by atoms with Gasteiger partial charge in [-0.3, -0.25) is 24.9 Å². The number of hydrogen-bond acceptors (Lipinski definition) is 12. The maximum absolute atomic E-state index is 12.9. The Balaban J connectivity index is 1.37. The molecule has 1 aromatic carbocycles. The number of ether oxygens (including phenoxy) is 3. The molecule has 1 amide bonds. The maximum Gasteiger partial charge on any atom is 0.261 e. The first-order valence-electron chi connectivity index (χ1n) is 12.9. The van der Waals surface area contributed by atoms with Crippen molar-refractivity contribution in [3.63, 3.8) is 0 Å². The van der Waals surface area contributed by atoms with Crippen LogP contribution < -0.4 is 20.5 Å². The van der Waals surface area contributed by atoms with Gasteiger partial charge < -0.3 is 25.1 Å². The van der Waals surface area contributed by atoms with Gasteiger partial charge in [0.2, 0.25) is 11.9 Å². The van der Waals surface area contributed by atoms with Crippen LogP contribution in [0.4, 0.5) is 11.6 Å². The zero-order valence-electron chi connectivity index (χ0n) is 22.5. The zero-order valence-corrected chi connectivity index (χ0v) is 22.5. The van der Waals surface area contributed by atoms with E-state index in [2.05, 4.69) is 25.2 Å². The first-order chi connectivity index (χ1) is 18.6. The molecule has 0 radical (unpaired) electrons. The number of fused-ring (bicyclic) bond motifs is 3. The average Bonchev–Trinajstić information content (AvgIpc) is 3.37. The summed E-state index contributed by atoms with van der Waals surface area (Å²) in [7, 11) is 1.53. The summed E-state index contributed by atoms with van der Waals surface area (Å²) < 4.78 is 17.6. The molecule has 13 heteroatoms. The molecule has 1 aromatic heterocycles. The Morgan fingerprint density at radius 1 is 1.26 bits per heavy atom. The van der Waals surface area contributed by atoms with Gasteiger partial charge in [-0.25, -0.2) is 15.0 Å². The Bertz CT molecular complexity index is 1290. The number of methoxy groups -OCH3 is 1. The van der Waals surface area contributed by atoms with Gasteiger partial charge in [0.25, 0.3) is 5.91 Å².